The summed E-state index contributed by atoms with van der Waals surface area (Å²) in [6.07, 6.45) is 0.763. The Morgan fingerprint density at radius 3 is 2.44 bits per heavy atom. The van der Waals surface area contributed by atoms with Crippen LogP contribution < -0.4 is 5.73 Å². The summed E-state index contributed by atoms with van der Waals surface area (Å²) in [7, 11) is -2.69. The van der Waals surface area contributed by atoms with Crippen LogP contribution in [0.2, 0.25) is 0 Å². The van der Waals surface area contributed by atoms with E-state index in [-0.39, 0.29) is 5.92 Å². The summed E-state index contributed by atoms with van der Waals surface area (Å²) in [5.74, 6) is 0.883. The van der Waals surface area contributed by atoms with Gasteiger partial charge in [0, 0.05) is 0 Å². The van der Waals surface area contributed by atoms with Gasteiger partial charge in [0.2, 0.25) is 0 Å². The fourth-order valence-corrected chi connectivity index (χ4v) is 2.94. The summed E-state index contributed by atoms with van der Waals surface area (Å²) in [6, 6.07) is 0. The second kappa shape index (κ2) is 2.27. The van der Waals surface area contributed by atoms with Gasteiger partial charge in [0.05, 0.1) is 11.5 Å². The van der Waals surface area contributed by atoms with E-state index in [2.05, 4.69) is 0 Å². The third-order valence-corrected chi connectivity index (χ3v) is 3.50. The van der Waals surface area contributed by atoms with E-state index < -0.39 is 9.84 Å². The minimum absolute atomic E-state index is 0.231. The number of rotatable bonds is 1. The van der Waals surface area contributed by atoms with Gasteiger partial charge >= 0.3 is 0 Å². The molecule has 1 fully saturated rings. The first-order valence-electron chi connectivity index (χ1n) is 3.04. The maximum atomic E-state index is 10.7. The highest BCUT2D eigenvalue weighted by Gasteiger charge is 2.26. The molecule has 9 heavy (non-hydrogen) atoms. The van der Waals surface area contributed by atoms with Crippen LogP contribution >= 0.6 is 0 Å². The Bertz CT molecular complexity index is 185. The molecule has 54 valence electrons. The number of hydrogen-bond donors (Lipinski definition) is 1. The van der Waals surface area contributed by atoms with Crippen LogP contribution in [0.4, 0.5) is 0 Å². The maximum absolute atomic E-state index is 10.7. The zero-order chi connectivity index (χ0) is 6.91. The van der Waals surface area contributed by atoms with Crippen LogP contribution in [0.1, 0.15) is 6.42 Å². The van der Waals surface area contributed by atoms with Gasteiger partial charge in [-0.1, -0.05) is 0 Å². The molecule has 1 atom stereocenters. The molecule has 0 spiro atoms. The maximum Gasteiger partial charge on any atom is 0.150 e. The van der Waals surface area contributed by atoms with Crippen LogP contribution in [0.25, 0.3) is 0 Å². The average Bonchev–Trinajstić information content (AvgIpc) is 2.10. The molecule has 0 amide bonds. The lowest BCUT2D eigenvalue weighted by Crippen LogP contribution is -2.15. The van der Waals surface area contributed by atoms with Crippen LogP contribution in [0.3, 0.4) is 0 Å². The molecule has 1 rings (SSSR count). The van der Waals surface area contributed by atoms with Crippen molar-refractivity contribution >= 4 is 9.84 Å². The van der Waals surface area contributed by atoms with Gasteiger partial charge in [-0.05, 0) is 18.9 Å². The van der Waals surface area contributed by atoms with Gasteiger partial charge < -0.3 is 5.73 Å². The van der Waals surface area contributed by atoms with Crippen molar-refractivity contribution in [2.75, 3.05) is 18.1 Å². The highest BCUT2D eigenvalue weighted by molar-refractivity contribution is 7.91. The average molecular weight is 149 g/mol. The minimum atomic E-state index is -2.69. The van der Waals surface area contributed by atoms with Crippen molar-refractivity contribution in [1.82, 2.24) is 0 Å². The smallest absolute Gasteiger partial charge is 0.150 e. The molecular formula is C5H11NO2S. The van der Waals surface area contributed by atoms with Gasteiger partial charge in [-0.2, -0.15) is 0 Å². The van der Waals surface area contributed by atoms with Crippen LogP contribution in [0.15, 0.2) is 0 Å². The normalized spacial score (nSPS) is 32.8. The molecule has 0 aromatic rings. The van der Waals surface area contributed by atoms with Crippen LogP contribution in [-0.2, 0) is 9.84 Å². The fraction of sp³-hybridized carbons (Fsp3) is 1.00. The second-order valence-corrected chi connectivity index (χ2v) is 4.73. The molecule has 1 saturated heterocycles. The summed E-state index contributed by atoms with van der Waals surface area (Å²) in [5, 5.41) is 0. The first-order chi connectivity index (χ1) is 4.14. The van der Waals surface area contributed by atoms with Crippen molar-refractivity contribution in [3.8, 4) is 0 Å². The molecule has 0 aromatic carbocycles. The summed E-state index contributed by atoms with van der Waals surface area (Å²) >= 11 is 0. The molecule has 0 bridgehead atoms. The van der Waals surface area contributed by atoms with Crippen molar-refractivity contribution in [3.05, 3.63) is 0 Å². The molecule has 0 aromatic heterocycles. The Hall–Kier alpha value is -0.0900. The van der Waals surface area contributed by atoms with Crippen molar-refractivity contribution in [1.29, 1.82) is 0 Å². The minimum Gasteiger partial charge on any atom is -0.330 e. The lowest BCUT2D eigenvalue weighted by molar-refractivity contribution is 0.591. The van der Waals surface area contributed by atoms with Gasteiger partial charge in [0.1, 0.15) is 0 Å². The van der Waals surface area contributed by atoms with E-state index in [1.165, 1.54) is 0 Å². The molecule has 2 N–H and O–H groups in total. The predicted molar refractivity (Wildman–Crippen MR) is 35.8 cm³/mol. The van der Waals surface area contributed by atoms with Crippen molar-refractivity contribution in [3.63, 3.8) is 0 Å². The van der Waals surface area contributed by atoms with Gasteiger partial charge in [-0.15, -0.1) is 0 Å². The summed E-state index contributed by atoms with van der Waals surface area (Å²) in [4.78, 5) is 0. The molecule has 0 aliphatic carbocycles. The summed E-state index contributed by atoms with van der Waals surface area (Å²) < 4.78 is 21.5. The Morgan fingerprint density at radius 1 is 1.56 bits per heavy atom. The monoisotopic (exact) mass is 149 g/mol. The van der Waals surface area contributed by atoms with Gasteiger partial charge in [0.15, 0.2) is 9.84 Å². The van der Waals surface area contributed by atoms with E-state index in [1.54, 1.807) is 0 Å². The second-order valence-electron chi connectivity index (χ2n) is 2.50. The zero-order valence-electron chi connectivity index (χ0n) is 5.21. The number of nitrogens with two attached hydrogens (primary N) is 1. The largest absolute Gasteiger partial charge is 0.330 e. The third-order valence-electron chi connectivity index (χ3n) is 1.66. The molecular weight excluding hydrogens is 138 g/mol. The van der Waals surface area contributed by atoms with Gasteiger partial charge in [-0.25, -0.2) is 8.42 Å². The molecule has 1 heterocycles. The SMILES string of the molecule is NC[C@H]1CCS(=O)(=O)C1. The lowest BCUT2D eigenvalue weighted by Gasteiger charge is -1.98. The molecule has 4 heteroatoms. The van der Waals surface area contributed by atoms with Crippen molar-refractivity contribution < 1.29 is 8.42 Å². The van der Waals surface area contributed by atoms with Gasteiger partial charge in [0.25, 0.3) is 0 Å². The fourth-order valence-electron chi connectivity index (χ4n) is 1.06. The van der Waals surface area contributed by atoms with Crippen LogP contribution in [0.5, 0.6) is 0 Å². The van der Waals surface area contributed by atoms with E-state index >= 15 is 0 Å². The van der Waals surface area contributed by atoms with Crippen molar-refractivity contribution in [2.45, 2.75) is 6.42 Å². The Morgan fingerprint density at radius 2 is 2.22 bits per heavy atom. The molecule has 0 radical (unpaired) electrons. The summed E-state index contributed by atoms with van der Waals surface area (Å²) in [5.41, 5.74) is 5.29. The molecule has 0 unspecified atom stereocenters. The number of sulfone groups is 1. The summed E-state index contributed by atoms with van der Waals surface area (Å²) in [6.45, 7) is 0.513. The van der Waals surface area contributed by atoms with E-state index in [9.17, 15) is 8.42 Å². The first kappa shape index (κ1) is 7.02. The lowest BCUT2D eigenvalue weighted by atomic mass is 10.1. The Labute approximate surface area is 55.2 Å². The van der Waals surface area contributed by atoms with Crippen LogP contribution in [0, 0.1) is 5.92 Å². The molecule has 3 nitrogen and oxygen atoms in total. The Balaban J connectivity index is 2.58. The molecule has 1 aliphatic heterocycles. The standard InChI is InChI=1S/C5H11NO2S/c6-3-5-1-2-9(7,8)4-5/h5H,1-4,6H2/t5-/m1/s1. The van der Waals surface area contributed by atoms with E-state index in [0.717, 1.165) is 6.42 Å². The molecule has 0 saturated carbocycles. The van der Waals surface area contributed by atoms with E-state index in [0.29, 0.717) is 18.1 Å². The van der Waals surface area contributed by atoms with E-state index in [1.807, 2.05) is 0 Å². The highest BCUT2D eigenvalue weighted by Crippen LogP contribution is 2.16. The third kappa shape index (κ3) is 1.66. The zero-order valence-corrected chi connectivity index (χ0v) is 6.02. The van der Waals surface area contributed by atoms with Crippen molar-refractivity contribution in [2.24, 2.45) is 11.7 Å². The topological polar surface area (TPSA) is 60.2 Å². The molecule has 1 aliphatic rings. The van der Waals surface area contributed by atoms with Gasteiger partial charge in [-0.3, -0.25) is 0 Å². The Kier molecular flexibility index (Phi) is 1.77. The quantitative estimate of drug-likeness (QED) is 0.540. The number of hydrogen-bond acceptors (Lipinski definition) is 3. The van der Waals surface area contributed by atoms with Crippen LogP contribution in [-0.4, -0.2) is 26.5 Å². The first-order valence-corrected chi connectivity index (χ1v) is 4.87. The van der Waals surface area contributed by atoms with E-state index in [4.69, 9.17) is 5.73 Å². The predicted octanol–water partition coefficient (Wildman–Crippen LogP) is -0.620. The highest BCUT2D eigenvalue weighted by atomic mass is 32.2.